The number of fused-ring (bicyclic) bond motifs is 5. The van der Waals surface area contributed by atoms with Crippen LogP contribution in [-0.4, -0.2) is 52.1 Å². The highest BCUT2D eigenvalue weighted by Crippen LogP contribution is 2.65. The molecule has 0 N–H and O–H groups in total. The Hall–Kier alpha value is -4.20. The first kappa shape index (κ1) is 23.5. The van der Waals surface area contributed by atoms with Gasteiger partial charge in [-0.2, -0.15) is 0 Å². The van der Waals surface area contributed by atoms with Gasteiger partial charge in [0.05, 0.1) is 25.4 Å². The molecule has 2 aromatic rings. The second-order valence-electron chi connectivity index (χ2n) is 9.41. The van der Waals surface area contributed by atoms with Crippen LogP contribution < -0.4 is 9.80 Å². The monoisotopic (exact) mass is 486 g/mol. The van der Waals surface area contributed by atoms with Gasteiger partial charge in [0.15, 0.2) is 0 Å². The van der Waals surface area contributed by atoms with Crippen LogP contribution in [0.1, 0.15) is 22.3 Å². The van der Waals surface area contributed by atoms with E-state index >= 15 is 0 Å². The molecule has 5 rings (SSSR count). The van der Waals surface area contributed by atoms with Crippen LogP contribution >= 0.6 is 0 Å². The summed E-state index contributed by atoms with van der Waals surface area (Å²) in [4.78, 5) is 58.8. The molecule has 36 heavy (non-hydrogen) atoms. The summed E-state index contributed by atoms with van der Waals surface area (Å²) in [5, 5.41) is 0. The minimum Gasteiger partial charge on any atom is -0.466 e. The molecular formula is C28H26N2O6. The van der Waals surface area contributed by atoms with Crippen molar-refractivity contribution in [1.82, 2.24) is 0 Å². The molecule has 0 saturated heterocycles. The number of ether oxygens (including phenoxy) is 2. The normalized spacial score (nSPS) is 24.1. The van der Waals surface area contributed by atoms with E-state index < -0.39 is 34.6 Å². The lowest BCUT2D eigenvalue weighted by Crippen LogP contribution is -2.64. The minimum atomic E-state index is -1.90. The average molecular weight is 487 g/mol. The van der Waals surface area contributed by atoms with Gasteiger partial charge in [-0.3, -0.25) is 9.59 Å². The molecule has 2 heterocycles. The van der Waals surface area contributed by atoms with E-state index in [1.165, 1.54) is 36.2 Å². The van der Waals surface area contributed by atoms with Gasteiger partial charge in [-0.15, -0.1) is 0 Å². The summed E-state index contributed by atoms with van der Waals surface area (Å²) in [6.07, 6.45) is 2.82. The van der Waals surface area contributed by atoms with Crippen molar-refractivity contribution in [2.24, 2.45) is 0 Å². The van der Waals surface area contributed by atoms with Crippen molar-refractivity contribution < 1.29 is 28.7 Å². The zero-order chi connectivity index (χ0) is 26.2. The number of rotatable bonds is 2. The quantitative estimate of drug-likeness (QED) is 0.606. The predicted molar refractivity (Wildman–Crippen MR) is 133 cm³/mol. The summed E-state index contributed by atoms with van der Waals surface area (Å²) in [5.74, 6) is -2.54. The summed E-state index contributed by atoms with van der Waals surface area (Å²) < 4.78 is 10.3. The number of allylic oxidation sites excluding steroid dienone is 2. The van der Waals surface area contributed by atoms with Crippen LogP contribution in [0.4, 0.5) is 11.4 Å². The molecule has 2 aliphatic heterocycles. The van der Waals surface area contributed by atoms with Crippen molar-refractivity contribution in [3.05, 3.63) is 82.0 Å². The van der Waals surface area contributed by atoms with Crippen molar-refractivity contribution in [1.29, 1.82) is 0 Å². The second kappa shape index (κ2) is 7.65. The highest BCUT2D eigenvalue weighted by atomic mass is 16.5. The maximum absolute atomic E-state index is 14.6. The van der Waals surface area contributed by atoms with Crippen LogP contribution in [0.3, 0.4) is 0 Å². The smallest absolute Gasteiger partial charge is 0.335 e. The molecule has 2 aromatic carbocycles. The van der Waals surface area contributed by atoms with Crippen LogP contribution in [0.5, 0.6) is 0 Å². The minimum absolute atomic E-state index is 0.0186. The van der Waals surface area contributed by atoms with Crippen molar-refractivity contribution in [3.63, 3.8) is 0 Å². The fraction of sp³-hybridized carbons (Fsp3) is 0.286. The van der Waals surface area contributed by atoms with E-state index in [-0.39, 0.29) is 11.1 Å². The molecule has 0 unspecified atom stereocenters. The molecule has 3 aliphatic rings. The van der Waals surface area contributed by atoms with E-state index in [1.54, 1.807) is 38.4 Å². The lowest BCUT2D eigenvalue weighted by molar-refractivity contribution is -0.144. The maximum Gasteiger partial charge on any atom is 0.335 e. The Kier molecular flexibility index (Phi) is 5.00. The zero-order valence-corrected chi connectivity index (χ0v) is 21.0. The number of nitrogens with zero attached hydrogens (tertiary/aromatic N) is 2. The predicted octanol–water partition coefficient (Wildman–Crippen LogP) is 2.64. The molecule has 1 aliphatic carbocycles. The van der Waals surface area contributed by atoms with Gasteiger partial charge < -0.3 is 19.3 Å². The lowest BCUT2D eigenvalue weighted by atomic mass is 9.49. The van der Waals surface area contributed by atoms with Gasteiger partial charge in [0, 0.05) is 25.5 Å². The van der Waals surface area contributed by atoms with Crippen LogP contribution in [-0.2, 0) is 39.5 Å². The first-order valence-electron chi connectivity index (χ1n) is 11.5. The van der Waals surface area contributed by atoms with E-state index in [4.69, 9.17) is 9.47 Å². The molecule has 2 amide bonds. The fourth-order valence-electron chi connectivity index (χ4n) is 6.17. The summed E-state index contributed by atoms with van der Waals surface area (Å²) in [6.45, 7) is 3.73. The van der Waals surface area contributed by atoms with Crippen LogP contribution in [0.25, 0.3) is 0 Å². The van der Waals surface area contributed by atoms with Gasteiger partial charge in [0.1, 0.15) is 10.8 Å². The Morgan fingerprint density at radius 3 is 1.39 bits per heavy atom. The number of carbonyl (C=O) groups excluding carboxylic acids is 4. The van der Waals surface area contributed by atoms with E-state index in [2.05, 4.69) is 0 Å². The molecule has 0 aromatic heterocycles. The van der Waals surface area contributed by atoms with Crippen LogP contribution in [0.2, 0.25) is 0 Å². The fourth-order valence-corrected chi connectivity index (χ4v) is 6.17. The third-order valence-corrected chi connectivity index (χ3v) is 7.68. The number of aryl methyl sites for hydroxylation is 2. The number of hydrogen-bond acceptors (Lipinski definition) is 6. The second-order valence-corrected chi connectivity index (χ2v) is 9.41. The van der Waals surface area contributed by atoms with Gasteiger partial charge in [0.2, 0.25) is 11.8 Å². The first-order valence-corrected chi connectivity index (χ1v) is 11.5. The third-order valence-electron chi connectivity index (χ3n) is 7.68. The van der Waals surface area contributed by atoms with Gasteiger partial charge in [-0.25, -0.2) is 9.59 Å². The van der Waals surface area contributed by atoms with Crippen molar-refractivity contribution in [3.8, 4) is 0 Å². The SMILES string of the molecule is COC(=O)C1=CC=C(C(=O)OC)[C@]2(C(=O)N(C)c3ccc(C)cc32)[C@@]12C(=O)N(C)c1ccc(C)cc12. The zero-order valence-electron chi connectivity index (χ0n) is 21.0. The Labute approximate surface area is 208 Å². The van der Waals surface area contributed by atoms with E-state index in [9.17, 15) is 19.2 Å². The summed E-state index contributed by atoms with van der Waals surface area (Å²) >= 11 is 0. The summed E-state index contributed by atoms with van der Waals surface area (Å²) in [7, 11) is 5.66. The first-order chi connectivity index (χ1) is 17.1. The van der Waals surface area contributed by atoms with E-state index in [0.717, 1.165) is 11.1 Å². The maximum atomic E-state index is 14.6. The molecule has 0 saturated carbocycles. The molecule has 8 nitrogen and oxygen atoms in total. The van der Waals surface area contributed by atoms with E-state index in [1.807, 2.05) is 26.0 Å². The number of likely N-dealkylation sites (N-methyl/N-ethyl adjacent to an activating group) is 2. The third kappa shape index (κ3) is 2.48. The van der Waals surface area contributed by atoms with Crippen LogP contribution in [0, 0.1) is 13.8 Å². The lowest BCUT2D eigenvalue weighted by Gasteiger charge is -2.47. The number of anilines is 2. The number of amides is 2. The number of methoxy groups -OCH3 is 2. The van der Waals surface area contributed by atoms with Crippen molar-refractivity contribution in [2.45, 2.75) is 24.7 Å². The summed E-state index contributed by atoms with van der Waals surface area (Å²) in [6, 6.07) is 10.9. The number of carbonyl (C=O) groups is 4. The molecule has 2 atom stereocenters. The standard InChI is InChI=1S/C28H26N2O6/c1-15-7-11-21-19(13-15)27(25(33)29(21)3)17(23(31)35-5)9-10-18(24(32)36-6)28(27)20-14-16(2)8-12-22(20)30(4)26(28)34/h7-14H,1-6H3/t27-,28-/m0/s1. The molecule has 0 radical (unpaired) electrons. The average Bonchev–Trinajstić information content (AvgIpc) is 3.21. The van der Waals surface area contributed by atoms with Crippen molar-refractivity contribution >= 4 is 35.1 Å². The van der Waals surface area contributed by atoms with E-state index in [0.29, 0.717) is 22.5 Å². The Bertz CT molecular complexity index is 1340. The highest BCUT2D eigenvalue weighted by Gasteiger charge is 2.76. The van der Waals surface area contributed by atoms with Crippen LogP contribution in [0.15, 0.2) is 59.7 Å². The molecule has 0 fully saturated rings. The number of benzene rings is 2. The largest absolute Gasteiger partial charge is 0.466 e. The molecular weight excluding hydrogens is 460 g/mol. The van der Waals surface area contributed by atoms with Gasteiger partial charge in [-0.05, 0) is 49.3 Å². The van der Waals surface area contributed by atoms with Gasteiger partial charge in [-0.1, -0.05) is 35.4 Å². The Balaban J connectivity index is 2.07. The van der Waals surface area contributed by atoms with Gasteiger partial charge >= 0.3 is 11.9 Å². The molecule has 184 valence electrons. The Morgan fingerprint density at radius 2 is 1.06 bits per heavy atom. The van der Waals surface area contributed by atoms with Gasteiger partial charge in [0.25, 0.3) is 0 Å². The Morgan fingerprint density at radius 1 is 0.694 bits per heavy atom. The number of esters is 2. The molecule has 0 bridgehead atoms. The highest BCUT2D eigenvalue weighted by molar-refractivity contribution is 6.27. The van der Waals surface area contributed by atoms with Crippen molar-refractivity contribution in [2.75, 3.05) is 38.1 Å². The topological polar surface area (TPSA) is 93.2 Å². The molecule has 8 heteroatoms. The molecule has 2 spiro atoms. The number of hydrogen-bond donors (Lipinski definition) is 0. The summed E-state index contributed by atoms with van der Waals surface area (Å²) in [5.41, 5.74) is -0.192.